The van der Waals surface area contributed by atoms with Gasteiger partial charge in [-0.2, -0.15) is 0 Å². The third kappa shape index (κ3) is 3.40. The number of methoxy groups -OCH3 is 2. The zero-order chi connectivity index (χ0) is 15.9. The standard InChI is InChI=1S/C20H22O2/c1-5-7-17-13-15(9-11-19(17)21-3)16-10-12-20(22-4)18(14-16)8-6-2/h5-6,9-14H,1-2,7-8H2,3-4H3. The minimum absolute atomic E-state index is 0.784. The average Bonchev–Trinajstić information content (AvgIpc) is 2.55. The molecule has 2 heteroatoms. The molecule has 0 aliphatic heterocycles. The highest BCUT2D eigenvalue weighted by atomic mass is 16.5. The molecule has 0 aromatic heterocycles. The quantitative estimate of drug-likeness (QED) is 0.681. The first-order valence-corrected chi connectivity index (χ1v) is 7.29. The summed E-state index contributed by atoms with van der Waals surface area (Å²) in [6.07, 6.45) is 5.34. The molecule has 0 bridgehead atoms. The largest absolute Gasteiger partial charge is 0.496 e. The highest BCUT2D eigenvalue weighted by Gasteiger charge is 2.08. The van der Waals surface area contributed by atoms with E-state index >= 15 is 0 Å². The SMILES string of the molecule is C=CCc1cc(-c2ccc(OC)c(CC=C)c2)ccc1OC. The van der Waals surface area contributed by atoms with Crippen LogP contribution in [0.4, 0.5) is 0 Å². The molecule has 2 aromatic carbocycles. The van der Waals surface area contributed by atoms with Crippen LogP contribution in [0.15, 0.2) is 61.7 Å². The van der Waals surface area contributed by atoms with Gasteiger partial charge in [-0.25, -0.2) is 0 Å². The van der Waals surface area contributed by atoms with E-state index in [1.807, 2.05) is 24.3 Å². The van der Waals surface area contributed by atoms with Crippen molar-refractivity contribution in [2.75, 3.05) is 14.2 Å². The summed E-state index contributed by atoms with van der Waals surface area (Å²) in [7, 11) is 3.38. The summed E-state index contributed by atoms with van der Waals surface area (Å²) >= 11 is 0. The summed E-state index contributed by atoms with van der Waals surface area (Å²) in [5.74, 6) is 1.78. The van der Waals surface area contributed by atoms with Crippen LogP contribution in [0, 0.1) is 0 Å². The molecule has 114 valence electrons. The predicted molar refractivity (Wildman–Crippen MR) is 92.8 cm³/mol. The number of hydrogen-bond donors (Lipinski definition) is 0. The maximum atomic E-state index is 5.41. The van der Waals surface area contributed by atoms with E-state index in [-0.39, 0.29) is 0 Å². The predicted octanol–water partition coefficient (Wildman–Crippen LogP) is 4.83. The summed E-state index contributed by atoms with van der Waals surface area (Å²) in [6.45, 7) is 7.62. The van der Waals surface area contributed by atoms with Gasteiger partial charge in [0.05, 0.1) is 14.2 Å². The fourth-order valence-electron chi connectivity index (χ4n) is 2.55. The topological polar surface area (TPSA) is 18.5 Å². The Morgan fingerprint density at radius 1 is 0.773 bits per heavy atom. The third-order valence-electron chi connectivity index (χ3n) is 3.62. The maximum Gasteiger partial charge on any atom is 0.122 e. The summed E-state index contributed by atoms with van der Waals surface area (Å²) < 4.78 is 10.8. The van der Waals surface area contributed by atoms with Crippen molar-refractivity contribution in [1.29, 1.82) is 0 Å². The van der Waals surface area contributed by atoms with Crippen molar-refractivity contribution in [1.82, 2.24) is 0 Å². The van der Waals surface area contributed by atoms with E-state index in [9.17, 15) is 0 Å². The molecule has 0 amide bonds. The van der Waals surface area contributed by atoms with Crippen LogP contribution >= 0.6 is 0 Å². The van der Waals surface area contributed by atoms with Crippen LogP contribution in [0.5, 0.6) is 11.5 Å². The third-order valence-corrected chi connectivity index (χ3v) is 3.62. The molecule has 0 saturated carbocycles. The van der Waals surface area contributed by atoms with Crippen LogP contribution in [0.2, 0.25) is 0 Å². The van der Waals surface area contributed by atoms with Crippen LogP contribution in [0.1, 0.15) is 11.1 Å². The van der Waals surface area contributed by atoms with E-state index in [1.165, 1.54) is 0 Å². The fraction of sp³-hybridized carbons (Fsp3) is 0.200. The van der Waals surface area contributed by atoms with E-state index in [0.717, 1.165) is 46.6 Å². The lowest BCUT2D eigenvalue weighted by Gasteiger charge is -2.12. The van der Waals surface area contributed by atoms with E-state index in [4.69, 9.17) is 9.47 Å². The van der Waals surface area contributed by atoms with Crippen molar-refractivity contribution < 1.29 is 9.47 Å². The van der Waals surface area contributed by atoms with Crippen LogP contribution in [0.25, 0.3) is 11.1 Å². The lowest BCUT2D eigenvalue weighted by molar-refractivity contribution is 0.410. The van der Waals surface area contributed by atoms with E-state index in [2.05, 4.69) is 37.4 Å². The number of benzene rings is 2. The molecule has 0 spiro atoms. The lowest BCUT2D eigenvalue weighted by Crippen LogP contribution is -1.94. The molecule has 0 N–H and O–H groups in total. The first-order chi connectivity index (χ1) is 10.7. The Kier molecular flexibility index (Phi) is 5.42. The molecule has 0 unspecified atom stereocenters. The molecule has 0 saturated heterocycles. The van der Waals surface area contributed by atoms with Gasteiger partial charge in [0.2, 0.25) is 0 Å². The number of allylic oxidation sites excluding steroid dienone is 2. The summed E-state index contributed by atoms with van der Waals surface area (Å²) in [4.78, 5) is 0. The summed E-state index contributed by atoms with van der Waals surface area (Å²) in [5.41, 5.74) is 4.59. The summed E-state index contributed by atoms with van der Waals surface area (Å²) in [5, 5.41) is 0. The second-order valence-corrected chi connectivity index (χ2v) is 5.04. The van der Waals surface area contributed by atoms with Crippen molar-refractivity contribution in [3.8, 4) is 22.6 Å². The Morgan fingerprint density at radius 2 is 1.18 bits per heavy atom. The highest BCUT2D eigenvalue weighted by molar-refractivity contribution is 5.68. The van der Waals surface area contributed by atoms with Crippen molar-refractivity contribution in [3.63, 3.8) is 0 Å². The van der Waals surface area contributed by atoms with Gasteiger partial charge >= 0.3 is 0 Å². The zero-order valence-corrected chi connectivity index (χ0v) is 13.3. The van der Waals surface area contributed by atoms with Gasteiger partial charge in [0, 0.05) is 0 Å². The van der Waals surface area contributed by atoms with Gasteiger partial charge in [0.15, 0.2) is 0 Å². The first-order valence-electron chi connectivity index (χ1n) is 7.29. The molecule has 0 radical (unpaired) electrons. The van der Waals surface area contributed by atoms with Gasteiger partial charge in [-0.15, -0.1) is 13.2 Å². The van der Waals surface area contributed by atoms with Crippen LogP contribution in [-0.4, -0.2) is 14.2 Å². The summed E-state index contributed by atoms with van der Waals surface area (Å²) in [6, 6.07) is 12.5. The molecule has 2 rings (SSSR count). The van der Waals surface area contributed by atoms with Gasteiger partial charge in [0.25, 0.3) is 0 Å². The van der Waals surface area contributed by atoms with Crippen molar-refractivity contribution >= 4 is 0 Å². The molecular weight excluding hydrogens is 272 g/mol. The lowest BCUT2D eigenvalue weighted by atomic mass is 9.98. The second kappa shape index (κ2) is 7.51. The van der Waals surface area contributed by atoms with Crippen LogP contribution in [-0.2, 0) is 12.8 Å². The van der Waals surface area contributed by atoms with E-state index in [1.54, 1.807) is 14.2 Å². The van der Waals surface area contributed by atoms with E-state index < -0.39 is 0 Å². The monoisotopic (exact) mass is 294 g/mol. The normalized spacial score (nSPS) is 10.1. The molecule has 0 fully saturated rings. The minimum atomic E-state index is 0.784. The molecule has 22 heavy (non-hydrogen) atoms. The molecule has 0 aliphatic carbocycles. The Hall–Kier alpha value is -2.48. The van der Waals surface area contributed by atoms with Gasteiger partial charge < -0.3 is 9.47 Å². The van der Waals surface area contributed by atoms with Crippen LogP contribution < -0.4 is 9.47 Å². The van der Waals surface area contributed by atoms with Crippen molar-refractivity contribution in [2.24, 2.45) is 0 Å². The Morgan fingerprint density at radius 3 is 1.50 bits per heavy atom. The molecule has 0 heterocycles. The Labute approximate surface area is 132 Å². The molecular formula is C20H22O2. The van der Waals surface area contributed by atoms with Gasteiger partial charge in [-0.05, 0) is 59.4 Å². The van der Waals surface area contributed by atoms with Gasteiger partial charge in [-0.1, -0.05) is 24.3 Å². The Balaban J connectivity index is 2.46. The average molecular weight is 294 g/mol. The first kappa shape index (κ1) is 15.9. The molecule has 2 nitrogen and oxygen atoms in total. The number of ether oxygens (including phenoxy) is 2. The number of hydrogen-bond acceptors (Lipinski definition) is 2. The number of rotatable bonds is 7. The van der Waals surface area contributed by atoms with Crippen molar-refractivity contribution in [2.45, 2.75) is 12.8 Å². The highest BCUT2D eigenvalue weighted by Crippen LogP contribution is 2.30. The van der Waals surface area contributed by atoms with Crippen molar-refractivity contribution in [3.05, 3.63) is 72.8 Å². The second-order valence-electron chi connectivity index (χ2n) is 5.04. The van der Waals surface area contributed by atoms with E-state index in [0.29, 0.717) is 0 Å². The molecule has 2 aromatic rings. The van der Waals surface area contributed by atoms with Gasteiger partial charge in [-0.3, -0.25) is 0 Å². The fourth-order valence-corrected chi connectivity index (χ4v) is 2.55. The van der Waals surface area contributed by atoms with Gasteiger partial charge in [0.1, 0.15) is 11.5 Å². The zero-order valence-electron chi connectivity index (χ0n) is 13.3. The maximum absolute atomic E-state index is 5.41. The smallest absolute Gasteiger partial charge is 0.122 e. The van der Waals surface area contributed by atoms with Crippen LogP contribution in [0.3, 0.4) is 0 Å². The minimum Gasteiger partial charge on any atom is -0.496 e. The molecule has 0 aliphatic rings. The Bertz CT molecular complexity index is 612. The molecule has 0 atom stereocenters.